The first-order chi connectivity index (χ1) is 15.7. The zero-order valence-corrected chi connectivity index (χ0v) is 18.5. The van der Waals surface area contributed by atoms with E-state index in [-0.39, 0.29) is 5.56 Å². The van der Waals surface area contributed by atoms with Crippen LogP contribution in [0.5, 0.6) is 0 Å². The molecule has 2 heterocycles. The predicted molar refractivity (Wildman–Crippen MR) is 132 cm³/mol. The molecule has 5 nitrogen and oxygen atoms in total. The highest BCUT2D eigenvalue weighted by Crippen LogP contribution is 2.26. The normalized spacial score (nSPS) is 11.8. The standard InChI is InChI=1S/C26H22N4OS/c1-18(27-17-16-19-10-4-2-5-11-19)23-24(20-12-6-3-7-13-20)29-30(25(23)31)26-28-21-14-8-9-15-22(21)32-26/h2-15,29H,16-17H2,1H3. The van der Waals surface area contributed by atoms with Gasteiger partial charge in [0.25, 0.3) is 5.56 Å². The number of para-hydroxylation sites is 1. The molecule has 0 unspecified atom stereocenters. The molecule has 0 radical (unpaired) electrons. The molecule has 5 rings (SSSR count). The SMILES string of the molecule is CC(=NCCc1ccccc1)c1c(-c2ccccc2)[nH]n(-c2nc3ccccc3s2)c1=O. The number of H-pyrrole nitrogens is 1. The van der Waals surface area contributed by atoms with Gasteiger partial charge in [-0.05, 0) is 31.0 Å². The average Bonchev–Trinajstić information content (AvgIpc) is 3.41. The number of rotatable bonds is 6. The van der Waals surface area contributed by atoms with Gasteiger partial charge in [-0.1, -0.05) is 84.1 Å². The summed E-state index contributed by atoms with van der Waals surface area (Å²) in [5.41, 5.74) is 4.99. The van der Waals surface area contributed by atoms with Gasteiger partial charge >= 0.3 is 0 Å². The Kier molecular flexibility index (Phi) is 5.52. The van der Waals surface area contributed by atoms with Crippen molar-refractivity contribution in [3.63, 3.8) is 0 Å². The first-order valence-electron chi connectivity index (χ1n) is 10.5. The van der Waals surface area contributed by atoms with Crippen molar-refractivity contribution >= 4 is 27.3 Å². The van der Waals surface area contributed by atoms with E-state index in [4.69, 9.17) is 4.99 Å². The van der Waals surface area contributed by atoms with E-state index in [0.29, 0.717) is 17.2 Å². The zero-order valence-electron chi connectivity index (χ0n) is 17.7. The molecule has 6 heteroatoms. The van der Waals surface area contributed by atoms with Gasteiger partial charge in [-0.25, -0.2) is 4.98 Å². The Morgan fingerprint density at radius 2 is 1.66 bits per heavy atom. The average molecular weight is 439 g/mol. The van der Waals surface area contributed by atoms with Gasteiger partial charge in [0.1, 0.15) is 0 Å². The van der Waals surface area contributed by atoms with E-state index in [9.17, 15) is 4.79 Å². The van der Waals surface area contributed by atoms with Crippen molar-refractivity contribution in [1.29, 1.82) is 0 Å². The van der Waals surface area contributed by atoms with Crippen LogP contribution >= 0.6 is 11.3 Å². The fraction of sp³-hybridized carbons (Fsp3) is 0.115. The third-order valence-electron chi connectivity index (χ3n) is 5.38. The summed E-state index contributed by atoms with van der Waals surface area (Å²) in [6.07, 6.45) is 0.829. The Labute approximate surface area is 189 Å². The molecule has 0 amide bonds. The van der Waals surface area contributed by atoms with Gasteiger partial charge in [-0.15, -0.1) is 0 Å². The molecule has 0 fully saturated rings. The molecule has 2 aromatic heterocycles. The van der Waals surface area contributed by atoms with Gasteiger partial charge in [0, 0.05) is 17.8 Å². The summed E-state index contributed by atoms with van der Waals surface area (Å²) >= 11 is 1.49. The maximum atomic E-state index is 13.5. The van der Waals surface area contributed by atoms with Crippen LogP contribution in [0.3, 0.4) is 0 Å². The Morgan fingerprint density at radius 3 is 2.41 bits per heavy atom. The Morgan fingerprint density at radius 1 is 0.969 bits per heavy atom. The van der Waals surface area contributed by atoms with Crippen LogP contribution in [-0.4, -0.2) is 27.0 Å². The molecule has 0 saturated carbocycles. The third-order valence-corrected chi connectivity index (χ3v) is 6.40. The molecule has 0 spiro atoms. The van der Waals surface area contributed by atoms with Crippen LogP contribution in [0.15, 0.2) is 94.7 Å². The van der Waals surface area contributed by atoms with Crippen LogP contribution in [0.4, 0.5) is 0 Å². The topological polar surface area (TPSA) is 63.0 Å². The second-order valence-electron chi connectivity index (χ2n) is 7.54. The molecule has 0 atom stereocenters. The van der Waals surface area contributed by atoms with E-state index in [1.54, 1.807) is 4.68 Å². The molecular formula is C26H22N4OS. The first-order valence-corrected chi connectivity index (χ1v) is 11.3. The highest BCUT2D eigenvalue weighted by atomic mass is 32.1. The summed E-state index contributed by atoms with van der Waals surface area (Å²) < 4.78 is 2.58. The molecule has 0 saturated heterocycles. The minimum Gasteiger partial charge on any atom is -0.289 e. The van der Waals surface area contributed by atoms with Gasteiger partial charge < -0.3 is 0 Å². The van der Waals surface area contributed by atoms with Crippen molar-refractivity contribution in [3.05, 3.63) is 106 Å². The number of aromatic amines is 1. The van der Waals surface area contributed by atoms with E-state index in [1.807, 2.05) is 79.7 Å². The van der Waals surface area contributed by atoms with E-state index < -0.39 is 0 Å². The van der Waals surface area contributed by atoms with E-state index in [1.165, 1.54) is 16.9 Å². The maximum Gasteiger partial charge on any atom is 0.283 e. The third kappa shape index (κ3) is 3.92. The quantitative estimate of drug-likeness (QED) is 0.356. The number of hydrogen-bond donors (Lipinski definition) is 1. The number of hydrogen-bond acceptors (Lipinski definition) is 4. The zero-order chi connectivity index (χ0) is 21.9. The summed E-state index contributed by atoms with van der Waals surface area (Å²) in [6, 6.07) is 28.0. The number of thiazole rings is 1. The van der Waals surface area contributed by atoms with Crippen molar-refractivity contribution in [2.45, 2.75) is 13.3 Å². The van der Waals surface area contributed by atoms with E-state index >= 15 is 0 Å². The fourth-order valence-corrected chi connectivity index (χ4v) is 4.68. The fourth-order valence-electron chi connectivity index (χ4n) is 3.75. The largest absolute Gasteiger partial charge is 0.289 e. The van der Waals surface area contributed by atoms with E-state index in [2.05, 4.69) is 22.2 Å². The van der Waals surface area contributed by atoms with Gasteiger partial charge in [-0.2, -0.15) is 4.68 Å². The minimum atomic E-state index is -0.135. The minimum absolute atomic E-state index is 0.135. The summed E-state index contributed by atoms with van der Waals surface area (Å²) in [7, 11) is 0. The second-order valence-corrected chi connectivity index (χ2v) is 8.54. The lowest BCUT2D eigenvalue weighted by Crippen LogP contribution is -2.19. The van der Waals surface area contributed by atoms with Crippen molar-refractivity contribution in [2.75, 3.05) is 6.54 Å². The van der Waals surface area contributed by atoms with Crippen LogP contribution in [0, 0.1) is 0 Å². The van der Waals surface area contributed by atoms with Crippen molar-refractivity contribution in [3.8, 4) is 16.4 Å². The van der Waals surface area contributed by atoms with E-state index in [0.717, 1.165) is 33.6 Å². The predicted octanol–water partition coefficient (Wildman–Crippen LogP) is 5.49. The second kappa shape index (κ2) is 8.77. The van der Waals surface area contributed by atoms with Crippen molar-refractivity contribution in [1.82, 2.24) is 14.8 Å². The first kappa shape index (κ1) is 20.2. The summed E-state index contributed by atoms with van der Waals surface area (Å²) in [4.78, 5) is 22.9. The lowest BCUT2D eigenvalue weighted by atomic mass is 10.1. The summed E-state index contributed by atoms with van der Waals surface area (Å²) in [5, 5.41) is 3.93. The maximum absolute atomic E-state index is 13.5. The molecule has 0 aliphatic rings. The summed E-state index contributed by atoms with van der Waals surface area (Å²) in [5.74, 6) is 0. The van der Waals surface area contributed by atoms with Crippen LogP contribution in [0.25, 0.3) is 26.6 Å². The summed E-state index contributed by atoms with van der Waals surface area (Å²) in [6.45, 7) is 2.53. The number of fused-ring (bicyclic) bond motifs is 1. The number of nitrogens with one attached hydrogen (secondary N) is 1. The molecule has 0 bridgehead atoms. The van der Waals surface area contributed by atoms with Crippen LogP contribution < -0.4 is 5.56 Å². The van der Waals surface area contributed by atoms with Gasteiger partial charge in [-0.3, -0.25) is 14.9 Å². The smallest absolute Gasteiger partial charge is 0.283 e. The molecular weight excluding hydrogens is 416 g/mol. The number of nitrogens with zero attached hydrogens (tertiary/aromatic N) is 3. The molecule has 5 aromatic rings. The van der Waals surface area contributed by atoms with Gasteiger partial charge in [0.15, 0.2) is 0 Å². The lowest BCUT2D eigenvalue weighted by molar-refractivity contribution is 0.845. The molecule has 0 aliphatic heterocycles. The monoisotopic (exact) mass is 438 g/mol. The molecule has 3 aromatic carbocycles. The van der Waals surface area contributed by atoms with Crippen LogP contribution in [0.2, 0.25) is 0 Å². The molecule has 158 valence electrons. The Bertz CT molecular complexity index is 1410. The highest BCUT2D eigenvalue weighted by molar-refractivity contribution is 7.20. The van der Waals surface area contributed by atoms with Crippen LogP contribution in [0.1, 0.15) is 18.1 Å². The highest BCUT2D eigenvalue weighted by Gasteiger charge is 2.20. The number of benzene rings is 3. The van der Waals surface area contributed by atoms with Crippen molar-refractivity contribution in [2.24, 2.45) is 4.99 Å². The van der Waals surface area contributed by atoms with Crippen molar-refractivity contribution < 1.29 is 0 Å². The molecule has 32 heavy (non-hydrogen) atoms. The van der Waals surface area contributed by atoms with Crippen LogP contribution in [-0.2, 0) is 6.42 Å². The number of aromatic nitrogens is 3. The Balaban J connectivity index is 1.57. The van der Waals surface area contributed by atoms with Gasteiger partial charge in [0.2, 0.25) is 5.13 Å². The lowest BCUT2D eigenvalue weighted by Gasteiger charge is -2.03. The van der Waals surface area contributed by atoms with Gasteiger partial charge in [0.05, 0.1) is 21.5 Å². The number of aliphatic imine (C=N–C) groups is 1. The molecule has 0 aliphatic carbocycles. The molecule has 1 N–H and O–H groups in total. The Hall–Kier alpha value is -3.77.